The molecule has 0 fully saturated rings. The van der Waals surface area contributed by atoms with Crippen molar-refractivity contribution in [3.63, 3.8) is 0 Å². The lowest BCUT2D eigenvalue weighted by molar-refractivity contribution is -0.121. The lowest BCUT2D eigenvalue weighted by Gasteiger charge is -2.13. The number of carbonyl (C=O) groups is 1. The number of fused-ring (bicyclic) bond motifs is 3. The molecule has 0 saturated carbocycles. The summed E-state index contributed by atoms with van der Waals surface area (Å²) in [6.45, 7) is 0.147. The number of rotatable bonds is 7. The molecule has 0 saturated heterocycles. The van der Waals surface area contributed by atoms with E-state index in [2.05, 4.69) is 22.7 Å². The van der Waals surface area contributed by atoms with Crippen LogP contribution in [0.5, 0.6) is 17.2 Å². The van der Waals surface area contributed by atoms with Crippen LogP contribution in [0.3, 0.4) is 0 Å². The highest BCUT2D eigenvalue weighted by atomic mass is 16.5. The number of para-hydroxylation sites is 2. The summed E-state index contributed by atoms with van der Waals surface area (Å²) in [7, 11) is 4.63. The molecule has 31 heavy (non-hydrogen) atoms. The Balaban J connectivity index is 1.56. The van der Waals surface area contributed by atoms with Crippen LogP contribution in [0.15, 0.2) is 65.8 Å². The molecule has 0 spiro atoms. The maximum Gasteiger partial charge on any atom is 0.260 e. The van der Waals surface area contributed by atoms with Gasteiger partial charge < -0.3 is 18.8 Å². The topological polar surface area (TPSA) is 74.1 Å². The van der Waals surface area contributed by atoms with E-state index in [0.717, 1.165) is 21.8 Å². The maximum atomic E-state index is 12.6. The first-order valence-electron chi connectivity index (χ1n) is 9.74. The van der Waals surface area contributed by atoms with Crippen molar-refractivity contribution in [2.45, 2.75) is 6.54 Å². The first-order valence-corrected chi connectivity index (χ1v) is 9.74. The number of ether oxygens (including phenoxy) is 3. The maximum absolute atomic E-state index is 12.6. The second-order valence-corrected chi connectivity index (χ2v) is 6.84. The smallest absolute Gasteiger partial charge is 0.260 e. The molecule has 0 atom stereocenters. The Kier molecular flexibility index (Phi) is 5.75. The second-order valence-electron chi connectivity index (χ2n) is 6.84. The quantitative estimate of drug-likeness (QED) is 0.365. The van der Waals surface area contributed by atoms with Gasteiger partial charge in [-0.15, -0.1) is 0 Å². The van der Waals surface area contributed by atoms with Crippen molar-refractivity contribution < 1.29 is 19.0 Å². The largest absolute Gasteiger partial charge is 0.493 e. The van der Waals surface area contributed by atoms with Crippen molar-refractivity contribution in [3.05, 3.63) is 66.2 Å². The molecule has 3 aromatic carbocycles. The SMILES string of the molecule is COc1ccc(C=NNC(=O)Cn2c3ccccc3c3ccccc32)c(OC)c1OC. The molecule has 1 amide bonds. The molecule has 0 radical (unpaired) electrons. The Morgan fingerprint density at radius 3 is 2.06 bits per heavy atom. The Morgan fingerprint density at radius 1 is 0.871 bits per heavy atom. The molecule has 4 aromatic rings. The fourth-order valence-electron chi connectivity index (χ4n) is 3.75. The molecular formula is C24H23N3O4. The van der Waals surface area contributed by atoms with Crippen LogP contribution in [0.2, 0.25) is 0 Å². The summed E-state index contributed by atoms with van der Waals surface area (Å²) in [4.78, 5) is 12.6. The summed E-state index contributed by atoms with van der Waals surface area (Å²) in [5.41, 5.74) is 5.26. The molecule has 0 aliphatic rings. The standard InChI is InChI=1S/C24H23N3O4/c1-29-21-13-12-16(23(30-2)24(21)31-3)14-25-26-22(28)15-27-19-10-6-4-8-17(19)18-9-5-7-11-20(18)27/h4-14H,15H2,1-3H3,(H,26,28). The van der Waals surface area contributed by atoms with Gasteiger partial charge in [-0.2, -0.15) is 5.10 Å². The van der Waals surface area contributed by atoms with E-state index in [1.54, 1.807) is 19.2 Å². The normalized spacial score (nSPS) is 11.2. The van der Waals surface area contributed by atoms with Gasteiger partial charge in [-0.1, -0.05) is 36.4 Å². The van der Waals surface area contributed by atoms with Crippen LogP contribution in [0.4, 0.5) is 0 Å². The molecule has 7 heteroatoms. The van der Waals surface area contributed by atoms with E-state index in [9.17, 15) is 4.79 Å². The molecule has 0 unspecified atom stereocenters. The third-order valence-electron chi connectivity index (χ3n) is 5.11. The van der Waals surface area contributed by atoms with Gasteiger partial charge in [0.25, 0.3) is 5.91 Å². The van der Waals surface area contributed by atoms with Gasteiger partial charge in [-0.25, -0.2) is 5.43 Å². The number of methoxy groups -OCH3 is 3. The minimum absolute atomic E-state index is 0.147. The number of hydrogen-bond donors (Lipinski definition) is 1. The third-order valence-corrected chi connectivity index (χ3v) is 5.11. The van der Waals surface area contributed by atoms with Gasteiger partial charge in [0, 0.05) is 27.4 Å². The van der Waals surface area contributed by atoms with Crippen LogP contribution >= 0.6 is 0 Å². The first kappa shape index (κ1) is 20.3. The molecule has 1 aromatic heterocycles. The van der Waals surface area contributed by atoms with Gasteiger partial charge in [-0.05, 0) is 24.3 Å². The van der Waals surface area contributed by atoms with E-state index in [1.165, 1.54) is 20.4 Å². The number of nitrogens with zero attached hydrogens (tertiary/aromatic N) is 2. The van der Waals surface area contributed by atoms with Crippen molar-refractivity contribution in [1.29, 1.82) is 0 Å². The average molecular weight is 417 g/mol. The van der Waals surface area contributed by atoms with E-state index < -0.39 is 0 Å². The van der Waals surface area contributed by atoms with Gasteiger partial charge in [0.2, 0.25) is 5.75 Å². The molecule has 0 aliphatic heterocycles. The monoisotopic (exact) mass is 417 g/mol. The third kappa shape index (κ3) is 3.77. The lowest BCUT2D eigenvalue weighted by Crippen LogP contribution is -2.23. The van der Waals surface area contributed by atoms with Gasteiger partial charge in [0.15, 0.2) is 11.5 Å². The van der Waals surface area contributed by atoms with Crippen LogP contribution in [0.1, 0.15) is 5.56 Å². The summed E-state index contributed by atoms with van der Waals surface area (Å²) in [6.07, 6.45) is 1.52. The van der Waals surface area contributed by atoms with E-state index in [4.69, 9.17) is 14.2 Å². The van der Waals surface area contributed by atoms with Gasteiger partial charge in [0.05, 0.1) is 27.5 Å². The first-order chi connectivity index (χ1) is 15.2. The van der Waals surface area contributed by atoms with Crippen LogP contribution in [0, 0.1) is 0 Å². The zero-order valence-corrected chi connectivity index (χ0v) is 17.6. The number of nitrogens with one attached hydrogen (secondary N) is 1. The second kappa shape index (κ2) is 8.79. The van der Waals surface area contributed by atoms with Crippen molar-refractivity contribution in [2.75, 3.05) is 21.3 Å². The van der Waals surface area contributed by atoms with E-state index >= 15 is 0 Å². The summed E-state index contributed by atoms with van der Waals surface area (Å²) in [5, 5.41) is 6.34. The number of amides is 1. The van der Waals surface area contributed by atoms with E-state index in [0.29, 0.717) is 22.8 Å². The Morgan fingerprint density at radius 2 is 1.48 bits per heavy atom. The fourth-order valence-corrected chi connectivity index (χ4v) is 3.75. The predicted molar refractivity (Wildman–Crippen MR) is 121 cm³/mol. The average Bonchev–Trinajstić information content (AvgIpc) is 3.12. The molecule has 4 rings (SSSR count). The van der Waals surface area contributed by atoms with Crippen LogP contribution < -0.4 is 19.6 Å². The highest BCUT2D eigenvalue weighted by molar-refractivity contribution is 6.08. The number of aromatic nitrogens is 1. The van der Waals surface area contributed by atoms with Gasteiger partial charge >= 0.3 is 0 Å². The number of benzene rings is 3. The lowest BCUT2D eigenvalue weighted by atomic mass is 10.2. The Bertz CT molecular complexity index is 1220. The van der Waals surface area contributed by atoms with E-state index in [1.807, 2.05) is 41.0 Å². The summed E-state index contributed by atoms with van der Waals surface area (Å²) >= 11 is 0. The molecule has 0 aliphatic carbocycles. The minimum atomic E-state index is -0.234. The summed E-state index contributed by atoms with van der Waals surface area (Å²) < 4.78 is 18.1. The van der Waals surface area contributed by atoms with Gasteiger partial charge in [0.1, 0.15) is 6.54 Å². The zero-order chi connectivity index (χ0) is 21.8. The molecule has 0 bridgehead atoms. The molecule has 1 heterocycles. The zero-order valence-electron chi connectivity index (χ0n) is 17.6. The number of carbonyl (C=O) groups excluding carboxylic acids is 1. The predicted octanol–water partition coefficient (Wildman–Crippen LogP) is 3.97. The van der Waals surface area contributed by atoms with Crippen molar-refractivity contribution in [3.8, 4) is 17.2 Å². The van der Waals surface area contributed by atoms with Crippen LogP contribution in [-0.2, 0) is 11.3 Å². The Hall–Kier alpha value is -4.00. The molecule has 1 N–H and O–H groups in total. The van der Waals surface area contributed by atoms with E-state index in [-0.39, 0.29) is 12.5 Å². The van der Waals surface area contributed by atoms with Crippen LogP contribution in [-0.4, -0.2) is 38.0 Å². The van der Waals surface area contributed by atoms with Crippen molar-refractivity contribution >= 4 is 33.9 Å². The van der Waals surface area contributed by atoms with Gasteiger partial charge in [-0.3, -0.25) is 4.79 Å². The highest BCUT2D eigenvalue weighted by Crippen LogP contribution is 2.39. The van der Waals surface area contributed by atoms with Crippen molar-refractivity contribution in [2.24, 2.45) is 5.10 Å². The number of hydrogen-bond acceptors (Lipinski definition) is 5. The number of hydrazone groups is 1. The molecular weight excluding hydrogens is 394 g/mol. The molecule has 7 nitrogen and oxygen atoms in total. The summed E-state index contributed by atoms with van der Waals surface area (Å²) in [6, 6.07) is 19.6. The van der Waals surface area contributed by atoms with Crippen molar-refractivity contribution in [1.82, 2.24) is 9.99 Å². The minimum Gasteiger partial charge on any atom is -0.493 e. The molecule has 158 valence electrons. The summed E-state index contributed by atoms with van der Waals surface area (Å²) in [5.74, 6) is 1.25. The fraction of sp³-hybridized carbons (Fsp3) is 0.167. The highest BCUT2D eigenvalue weighted by Gasteiger charge is 2.15. The van der Waals surface area contributed by atoms with Crippen LogP contribution in [0.25, 0.3) is 21.8 Å². The Labute approximate surface area is 179 Å².